The van der Waals surface area contributed by atoms with E-state index in [1.807, 2.05) is 70.2 Å². The molecule has 7 heteroatoms. The van der Waals surface area contributed by atoms with Crippen molar-refractivity contribution in [2.45, 2.75) is 53.6 Å². The molecule has 192 valence electrons. The molecule has 0 bridgehead atoms. The molecular formula is C30H32BrN3O3. The van der Waals surface area contributed by atoms with Gasteiger partial charge in [0.25, 0.3) is 5.56 Å². The molecule has 3 aromatic carbocycles. The van der Waals surface area contributed by atoms with Gasteiger partial charge in [-0.25, -0.2) is 4.98 Å². The number of para-hydroxylation sites is 1. The fourth-order valence-electron chi connectivity index (χ4n) is 4.18. The van der Waals surface area contributed by atoms with Gasteiger partial charge in [-0.15, -0.1) is 0 Å². The van der Waals surface area contributed by atoms with Crippen LogP contribution in [0.15, 0.2) is 69.0 Å². The highest BCUT2D eigenvalue weighted by molar-refractivity contribution is 9.10. The SMILES string of the molecule is CCOc1cc(C)c(-c2nc3ccccc3c(=O)n2N=Cc2cc(Br)ccc2OC(C)C)cc1C(C)C. The Balaban J connectivity index is 1.97. The third-order valence-corrected chi connectivity index (χ3v) is 6.41. The zero-order valence-corrected chi connectivity index (χ0v) is 23.7. The Morgan fingerprint density at radius 3 is 2.51 bits per heavy atom. The summed E-state index contributed by atoms with van der Waals surface area (Å²) < 4.78 is 14.2. The molecule has 0 fully saturated rings. The van der Waals surface area contributed by atoms with Gasteiger partial charge in [-0.2, -0.15) is 9.78 Å². The predicted molar refractivity (Wildman–Crippen MR) is 154 cm³/mol. The lowest BCUT2D eigenvalue weighted by Gasteiger charge is -2.18. The molecule has 0 saturated heterocycles. The molecule has 1 aromatic heterocycles. The zero-order valence-electron chi connectivity index (χ0n) is 22.1. The Morgan fingerprint density at radius 1 is 1.05 bits per heavy atom. The molecule has 0 aliphatic heterocycles. The number of ether oxygens (including phenoxy) is 2. The molecule has 0 aliphatic rings. The highest BCUT2D eigenvalue weighted by Gasteiger charge is 2.18. The quantitative estimate of drug-likeness (QED) is 0.211. The Bertz CT molecular complexity index is 1520. The average molecular weight is 563 g/mol. The van der Waals surface area contributed by atoms with Crippen LogP contribution >= 0.6 is 15.9 Å². The van der Waals surface area contributed by atoms with Crippen molar-refractivity contribution >= 4 is 33.0 Å². The van der Waals surface area contributed by atoms with E-state index in [4.69, 9.17) is 14.5 Å². The van der Waals surface area contributed by atoms with Crippen LogP contribution in [0.4, 0.5) is 0 Å². The van der Waals surface area contributed by atoms with Crippen LogP contribution in [0.1, 0.15) is 57.2 Å². The van der Waals surface area contributed by atoms with E-state index in [1.54, 1.807) is 12.3 Å². The summed E-state index contributed by atoms with van der Waals surface area (Å²) in [4.78, 5) is 18.6. The molecule has 6 nitrogen and oxygen atoms in total. The number of rotatable bonds is 8. The lowest BCUT2D eigenvalue weighted by molar-refractivity contribution is 0.242. The second kappa shape index (κ2) is 11.3. The second-order valence-corrected chi connectivity index (χ2v) is 10.4. The molecule has 0 aliphatic carbocycles. The first-order valence-electron chi connectivity index (χ1n) is 12.5. The summed E-state index contributed by atoms with van der Waals surface area (Å²) in [6.45, 7) is 12.7. The van der Waals surface area contributed by atoms with Crippen molar-refractivity contribution in [2.24, 2.45) is 5.10 Å². The summed E-state index contributed by atoms with van der Waals surface area (Å²) in [5, 5.41) is 5.17. The van der Waals surface area contributed by atoms with Crippen molar-refractivity contribution in [2.75, 3.05) is 6.61 Å². The number of aryl methyl sites for hydroxylation is 1. The van der Waals surface area contributed by atoms with Crippen LogP contribution < -0.4 is 15.0 Å². The summed E-state index contributed by atoms with van der Waals surface area (Å²) in [5.41, 5.74) is 3.97. The van der Waals surface area contributed by atoms with Gasteiger partial charge in [0, 0.05) is 15.6 Å². The van der Waals surface area contributed by atoms with Gasteiger partial charge in [-0.3, -0.25) is 4.79 Å². The van der Waals surface area contributed by atoms with Gasteiger partial charge in [0.2, 0.25) is 0 Å². The first-order chi connectivity index (χ1) is 17.7. The molecule has 0 N–H and O–H groups in total. The second-order valence-electron chi connectivity index (χ2n) is 9.46. The van der Waals surface area contributed by atoms with E-state index < -0.39 is 0 Å². The Hall–Kier alpha value is -3.45. The topological polar surface area (TPSA) is 65.7 Å². The lowest BCUT2D eigenvalue weighted by atomic mass is 9.96. The molecular weight excluding hydrogens is 530 g/mol. The Kier molecular flexibility index (Phi) is 8.13. The van der Waals surface area contributed by atoms with E-state index in [-0.39, 0.29) is 17.6 Å². The largest absolute Gasteiger partial charge is 0.494 e. The zero-order chi connectivity index (χ0) is 26.7. The minimum Gasteiger partial charge on any atom is -0.494 e. The summed E-state index contributed by atoms with van der Waals surface area (Å²) in [6.07, 6.45) is 1.65. The number of benzene rings is 3. The van der Waals surface area contributed by atoms with E-state index in [0.717, 1.165) is 32.5 Å². The standard InChI is InChI=1S/C30H32BrN3O3/c1-7-36-28-14-20(6)25(16-24(28)18(2)3)29-33-26-11-9-8-10-23(26)30(35)34(29)32-17-21-15-22(31)12-13-27(21)37-19(4)5/h8-19H,7H2,1-6H3. The number of hydrogen-bond donors (Lipinski definition) is 0. The van der Waals surface area contributed by atoms with Crippen molar-refractivity contribution < 1.29 is 9.47 Å². The van der Waals surface area contributed by atoms with Crippen molar-refractivity contribution in [3.63, 3.8) is 0 Å². The van der Waals surface area contributed by atoms with Gasteiger partial charge in [-0.1, -0.05) is 41.9 Å². The molecule has 0 spiro atoms. The number of nitrogens with zero attached hydrogens (tertiary/aromatic N) is 3. The van der Waals surface area contributed by atoms with Crippen LogP contribution in [0.25, 0.3) is 22.3 Å². The molecule has 1 heterocycles. The van der Waals surface area contributed by atoms with Gasteiger partial charge in [-0.05, 0) is 87.2 Å². The highest BCUT2D eigenvalue weighted by atomic mass is 79.9. The number of halogens is 1. The van der Waals surface area contributed by atoms with Crippen LogP contribution in [-0.2, 0) is 0 Å². The molecule has 0 radical (unpaired) electrons. The first-order valence-corrected chi connectivity index (χ1v) is 13.3. The smallest absolute Gasteiger partial charge is 0.282 e. The maximum atomic E-state index is 13.7. The van der Waals surface area contributed by atoms with E-state index in [1.165, 1.54) is 4.68 Å². The summed E-state index contributed by atoms with van der Waals surface area (Å²) >= 11 is 3.53. The minimum atomic E-state index is -0.238. The van der Waals surface area contributed by atoms with Crippen molar-refractivity contribution in [1.82, 2.24) is 9.66 Å². The number of hydrogen-bond acceptors (Lipinski definition) is 5. The average Bonchev–Trinajstić information content (AvgIpc) is 2.85. The number of fused-ring (bicyclic) bond motifs is 1. The fraction of sp³-hybridized carbons (Fsp3) is 0.300. The monoisotopic (exact) mass is 561 g/mol. The normalized spacial score (nSPS) is 11.7. The van der Waals surface area contributed by atoms with Crippen LogP contribution in [0, 0.1) is 6.92 Å². The van der Waals surface area contributed by atoms with E-state index in [2.05, 4.69) is 40.9 Å². The lowest BCUT2D eigenvalue weighted by Crippen LogP contribution is -2.21. The van der Waals surface area contributed by atoms with Gasteiger partial charge in [0.15, 0.2) is 5.82 Å². The van der Waals surface area contributed by atoms with Gasteiger partial charge in [0.1, 0.15) is 11.5 Å². The van der Waals surface area contributed by atoms with Gasteiger partial charge >= 0.3 is 0 Å². The van der Waals surface area contributed by atoms with E-state index in [0.29, 0.717) is 29.1 Å². The maximum Gasteiger partial charge on any atom is 0.282 e. The van der Waals surface area contributed by atoms with Crippen LogP contribution in [-0.4, -0.2) is 28.6 Å². The van der Waals surface area contributed by atoms with Crippen LogP contribution in [0.2, 0.25) is 0 Å². The molecule has 37 heavy (non-hydrogen) atoms. The third kappa shape index (κ3) is 5.77. The Morgan fingerprint density at radius 2 is 1.81 bits per heavy atom. The third-order valence-electron chi connectivity index (χ3n) is 5.92. The maximum absolute atomic E-state index is 13.7. The summed E-state index contributed by atoms with van der Waals surface area (Å²) in [7, 11) is 0. The molecule has 4 aromatic rings. The number of aromatic nitrogens is 2. The van der Waals surface area contributed by atoms with E-state index >= 15 is 0 Å². The van der Waals surface area contributed by atoms with Crippen molar-refractivity contribution in [3.05, 3.63) is 86.1 Å². The van der Waals surface area contributed by atoms with E-state index in [9.17, 15) is 4.79 Å². The summed E-state index contributed by atoms with van der Waals surface area (Å²) in [5.74, 6) is 2.23. The van der Waals surface area contributed by atoms with Crippen molar-refractivity contribution in [3.8, 4) is 22.9 Å². The first kappa shape index (κ1) is 26.6. The minimum absolute atomic E-state index is 0.00472. The molecule has 4 rings (SSSR count). The highest BCUT2D eigenvalue weighted by Crippen LogP contribution is 2.34. The van der Waals surface area contributed by atoms with Gasteiger partial charge < -0.3 is 9.47 Å². The van der Waals surface area contributed by atoms with Crippen molar-refractivity contribution in [1.29, 1.82) is 0 Å². The fourth-order valence-corrected chi connectivity index (χ4v) is 4.56. The predicted octanol–water partition coefficient (Wildman–Crippen LogP) is 7.33. The Labute approximate surface area is 226 Å². The van der Waals surface area contributed by atoms with Crippen LogP contribution in [0.5, 0.6) is 11.5 Å². The molecule has 0 saturated carbocycles. The summed E-state index contributed by atoms with van der Waals surface area (Å²) in [6, 6.07) is 17.2. The van der Waals surface area contributed by atoms with Gasteiger partial charge in [0.05, 0.1) is 29.8 Å². The molecule has 0 amide bonds. The van der Waals surface area contributed by atoms with Crippen LogP contribution in [0.3, 0.4) is 0 Å². The molecule has 0 unspecified atom stereocenters. The molecule has 0 atom stereocenters.